The first-order valence-corrected chi connectivity index (χ1v) is 9.53. The van der Waals surface area contributed by atoms with Gasteiger partial charge in [0.25, 0.3) is 0 Å². The maximum absolute atomic E-state index is 5.27. The molecule has 2 heterocycles. The Labute approximate surface area is 159 Å². The zero-order chi connectivity index (χ0) is 18.7. The summed E-state index contributed by atoms with van der Waals surface area (Å²) in [6.45, 7) is 6.37. The fourth-order valence-corrected chi connectivity index (χ4v) is 4.14. The van der Waals surface area contributed by atoms with E-state index in [-0.39, 0.29) is 5.41 Å². The van der Waals surface area contributed by atoms with E-state index < -0.39 is 0 Å². The van der Waals surface area contributed by atoms with Gasteiger partial charge in [0, 0.05) is 24.0 Å². The molecule has 26 heavy (non-hydrogen) atoms. The van der Waals surface area contributed by atoms with E-state index in [1.54, 1.807) is 24.8 Å². The summed E-state index contributed by atoms with van der Waals surface area (Å²) >= 11 is 1.65. The van der Waals surface area contributed by atoms with Crippen molar-refractivity contribution in [1.82, 2.24) is 14.9 Å². The summed E-state index contributed by atoms with van der Waals surface area (Å²) in [6, 6.07) is 8.12. The zero-order valence-corrected chi connectivity index (χ0v) is 16.9. The maximum Gasteiger partial charge on any atom is 0.138 e. The molecule has 2 aromatic heterocycles. The van der Waals surface area contributed by atoms with Crippen LogP contribution in [0.4, 0.5) is 5.82 Å². The number of methoxy groups -OCH3 is 1. The second-order valence-electron chi connectivity index (χ2n) is 7.54. The summed E-state index contributed by atoms with van der Waals surface area (Å²) in [4.78, 5) is 12.2. The number of rotatable bonds is 7. The fourth-order valence-electron chi connectivity index (χ4n) is 3.23. The lowest BCUT2D eigenvalue weighted by Crippen LogP contribution is -2.34. The highest BCUT2D eigenvalue weighted by atomic mass is 32.1. The molecule has 0 bridgehead atoms. The van der Waals surface area contributed by atoms with Crippen molar-refractivity contribution in [2.75, 3.05) is 39.6 Å². The van der Waals surface area contributed by atoms with Crippen molar-refractivity contribution in [3.05, 3.63) is 36.0 Å². The molecule has 0 atom stereocenters. The van der Waals surface area contributed by atoms with Crippen LogP contribution in [0.2, 0.25) is 0 Å². The molecule has 0 aliphatic rings. The minimum absolute atomic E-state index is 0.136. The number of fused-ring (bicyclic) bond motifs is 1. The molecule has 0 saturated carbocycles. The van der Waals surface area contributed by atoms with E-state index in [1.165, 1.54) is 0 Å². The average molecular weight is 371 g/mol. The van der Waals surface area contributed by atoms with Gasteiger partial charge in [0.2, 0.25) is 0 Å². The van der Waals surface area contributed by atoms with E-state index in [1.807, 2.05) is 12.1 Å². The van der Waals surface area contributed by atoms with Crippen molar-refractivity contribution in [3.63, 3.8) is 0 Å². The van der Waals surface area contributed by atoms with Gasteiger partial charge in [-0.25, -0.2) is 9.97 Å². The number of benzene rings is 1. The minimum atomic E-state index is 0.136. The smallest absolute Gasteiger partial charge is 0.138 e. The highest BCUT2D eigenvalue weighted by Gasteiger charge is 2.20. The molecule has 3 rings (SSSR count). The van der Waals surface area contributed by atoms with Crippen LogP contribution in [0.1, 0.15) is 13.8 Å². The Morgan fingerprint density at radius 3 is 2.54 bits per heavy atom. The molecule has 0 radical (unpaired) electrons. The molecule has 0 unspecified atom stereocenters. The summed E-state index contributed by atoms with van der Waals surface area (Å²) in [6.07, 6.45) is 1.64. The van der Waals surface area contributed by atoms with Crippen LogP contribution in [0.5, 0.6) is 5.75 Å². The van der Waals surface area contributed by atoms with Gasteiger partial charge < -0.3 is 15.0 Å². The average Bonchev–Trinajstić information content (AvgIpc) is 3.04. The Kier molecular flexibility index (Phi) is 5.44. The second-order valence-corrected chi connectivity index (χ2v) is 8.39. The molecular weight excluding hydrogens is 344 g/mol. The maximum atomic E-state index is 5.27. The van der Waals surface area contributed by atoms with Crippen LogP contribution in [0.3, 0.4) is 0 Å². The predicted molar refractivity (Wildman–Crippen MR) is 110 cm³/mol. The third-order valence-corrected chi connectivity index (χ3v) is 5.14. The number of ether oxygens (including phenoxy) is 1. The van der Waals surface area contributed by atoms with Crippen LogP contribution < -0.4 is 10.1 Å². The van der Waals surface area contributed by atoms with Crippen LogP contribution in [0.25, 0.3) is 21.3 Å². The Hall–Kier alpha value is -2.18. The van der Waals surface area contributed by atoms with Crippen molar-refractivity contribution in [1.29, 1.82) is 0 Å². The molecule has 0 aliphatic heterocycles. The molecule has 6 heteroatoms. The van der Waals surface area contributed by atoms with Crippen molar-refractivity contribution < 1.29 is 4.74 Å². The van der Waals surface area contributed by atoms with Crippen LogP contribution in [-0.2, 0) is 0 Å². The standard InChI is InChI=1S/C20H26N4OS/c1-20(2,12-24(3)4)11-21-18-17-16(10-26-19(17)23-13-22-18)14-6-8-15(25-5)9-7-14/h6-10,13H,11-12H2,1-5H3,(H,21,22,23). The van der Waals surface area contributed by atoms with Gasteiger partial charge in [-0.15, -0.1) is 11.3 Å². The van der Waals surface area contributed by atoms with Gasteiger partial charge >= 0.3 is 0 Å². The Morgan fingerprint density at radius 2 is 1.88 bits per heavy atom. The summed E-state index contributed by atoms with van der Waals surface area (Å²) in [7, 11) is 5.89. The highest BCUT2D eigenvalue weighted by Crippen LogP contribution is 2.37. The highest BCUT2D eigenvalue weighted by molar-refractivity contribution is 7.17. The lowest BCUT2D eigenvalue weighted by atomic mass is 9.93. The van der Waals surface area contributed by atoms with Gasteiger partial charge in [0.15, 0.2) is 0 Å². The Morgan fingerprint density at radius 1 is 1.15 bits per heavy atom. The van der Waals surface area contributed by atoms with Crippen LogP contribution in [0.15, 0.2) is 36.0 Å². The van der Waals surface area contributed by atoms with E-state index in [9.17, 15) is 0 Å². The third kappa shape index (κ3) is 4.14. The molecule has 0 aliphatic carbocycles. The summed E-state index contributed by atoms with van der Waals surface area (Å²) < 4.78 is 5.27. The number of hydrogen-bond acceptors (Lipinski definition) is 6. The van der Waals surface area contributed by atoms with Gasteiger partial charge in [-0.2, -0.15) is 0 Å². The van der Waals surface area contributed by atoms with Gasteiger partial charge in [-0.1, -0.05) is 26.0 Å². The molecular formula is C20H26N4OS. The van der Waals surface area contributed by atoms with E-state index in [0.29, 0.717) is 0 Å². The van der Waals surface area contributed by atoms with Crippen molar-refractivity contribution in [2.24, 2.45) is 5.41 Å². The molecule has 0 saturated heterocycles. The van der Waals surface area contributed by atoms with Crippen molar-refractivity contribution in [2.45, 2.75) is 13.8 Å². The molecule has 0 amide bonds. The lowest BCUT2D eigenvalue weighted by molar-refractivity contribution is 0.254. The molecule has 5 nitrogen and oxygen atoms in total. The van der Waals surface area contributed by atoms with Crippen molar-refractivity contribution in [3.8, 4) is 16.9 Å². The minimum Gasteiger partial charge on any atom is -0.497 e. The molecule has 1 aromatic carbocycles. The number of nitrogens with one attached hydrogen (secondary N) is 1. The molecule has 1 N–H and O–H groups in total. The first-order valence-electron chi connectivity index (χ1n) is 8.65. The largest absolute Gasteiger partial charge is 0.497 e. The number of hydrogen-bond donors (Lipinski definition) is 1. The van der Waals surface area contributed by atoms with Gasteiger partial charge in [-0.05, 0) is 37.2 Å². The first-order chi connectivity index (χ1) is 12.4. The Bertz CT molecular complexity index is 871. The lowest BCUT2D eigenvalue weighted by Gasteiger charge is -2.28. The van der Waals surface area contributed by atoms with Crippen LogP contribution in [-0.4, -0.2) is 49.2 Å². The number of aromatic nitrogens is 2. The monoisotopic (exact) mass is 370 g/mol. The molecule has 138 valence electrons. The number of anilines is 1. The van der Waals surface area contributed by atoms with E-state index in [4.69, 9.17) is 4.74 Å². The summed E-state index contributed by atoms with van der Waals surface area (Å²) in [5.41, 5.74) is 2.43. The van der Waals surface area contributed by atoms with E-state index >= 15 is 0 Å². The van der Waals surface area contributed by atoms with Gasteiger partial charge in [0.05, 0.1) is 12.5 Å². The van der Waals surface area contributed by atoms with Crippen molar-refractivity contribution >= 4 is 27.4 Å². The quantitative estimate of drug-likeness (QED) is 0.669. The first kappa shape index (κ1) is 18.6. The third-order valence-electron chi connectivity index (χ3n) is 4.25. The SMILES string of the molecule is COc1ccc(-c2csc3ncnc(NCC(C)(C)CN(C)C)c23)cc1. The van der Waals surface area contributed by atoms with E-state index in [2.05, 4.69) is 65.6 Å². The zero-order valence-electron chi connectivity index (χ0n) is 16.0. The topological polar surface area (TPSA) is 50.3 Å². The summed E-state index contributed by atoms with van der Waals surface area (Å²) in [5, 5.41) is 6.79. The summed E-state index contributed by atoms with van der Waals surface area (Å²) in [5.74, 6) is 1.75. The van der Waals surface area contributed by atoms with E-state index in [0.717, 1.165) is 46.0 Å². The molecule has 3 aromatic rings. The second kappa shape index (κ2) is 7.60. The number of thiophene rings is 1. The number of nitrogens with zero attached hydrogens (tertiary/aromatic N) is 3. The van der Waals surface area contributed by atoms with Crippen LogP contribution >= 0.6 is 11.3 Å². The van der Waals surface area contributed by atoms with Crippen LogP contribution in [0, 0.1) is 5.41 Å². The molecule has 0 spiro atoms. The normalized spacial score (nSPS) is 11.9. The molecule has 0 fully saturated rings. The fraction of sp³-hybridized carbons (Fsp3) is 0.400. The Balaban J connectivity index is 1.92. The predicted octanol–water partition coefficient (Wildman–Crippen LogP) is 4.37. The van der Waals surface area contributed by atoms with Gasteiger partial charge in [0.1, 0.15) is 22.7 Å². The van der Waals surface area contributed by atoms with Gasteiger partial charge in [-0.3, -0.25) is 0 Å².